The molecule has 2 rings (SSSR count). The van der Waals surface area contributed by atoms with Crippen molar-refractivity contribution in [2.75, 3.05) is 6.54 Å². The van der Waals surface area contributed by atoms with Crippen LogP contribution in [0.3, 0.4) is 0 Å². The maximum Gasteiger partial charge on any atom is 0.345 e. The Morgan fingerprint density at radius 3 is 2.93 bits per heavy atom. The minimum Gasteiger partial charge on any atom is -0.477 e. The first-order valence-electron chi connectivity index (χ1n) is 4.67. The summed E-state index contributed by atoms with van der Waals surface area (Å²) in [6.45, 7) is 0.581. The van der Waals surface area contributed by atoms with Crippen molar-refractivity contribution < 1.29 is 9.90 Å². The molecule has 0 fully saturated rings. The van der Waals surface area contributed by atoms with E-state index in [4.69, 9.17) is 10.8 Å². The van der Waals surface area contributed by atoms with Gasteiger partial charge in [-0.15, -0.1) is 11.3 Å². The number of nitrogens with two attached hydrogens (primary N) is 1. The summed E-state index contributed by atoms with van der Waals surface area (Å²) in [7, 11) is 0. The summed E-state index contributed by atoms with van der Waals surface area (Å²) >= 11 is 1.31. The van der Waals surface area contributed by atoms with E-state index in [1.54, 1.807) is 6.07 Å². The highest BCUT2D eigenvalue weighted by Gasteiger charge is 2.10. The lowest BCUT2D eigenvalue weighted by molar-refractivity contribution is 0.0702. The first-order chi connectivity index (χ1) is 7.22. The fourth-order valence-electron chi connectivity index (χ4n) is 1.60. The number of carboxylic acids is 1. The Kier molecular flexibility index (Phi) is 2.70. The van der Waals surface area contributed by atoms with Gasteiger partial charge in [-0.1, -0.05) is 12.1 Å². The molecule has 0 amide bonds. The van der Waals surface area contributed by atoms with Crippen LogP contribution in [0.2, 0.25) is 0 Å². The third-order valence-corrected chi connectivity index (χ3v) is 3.36. The average molecular weight is 221 g/mol. The first kappa shape index (κ1) is 10.1. The van der Waals surface area contributed by atoms with Gasteiger partial charge in [-0.3, -0.25) is 0 Å². The molecule has 3 nitrogen and oxygen atoms in total. The third-order valence-electron chi connectivity index (χ3n) is 2.28. The van der Waals surface area contributed by atoms with E-state index in [1.165, 1.54) is 11.3 Å². The molecule has 15 heavy (non-hydrogen) atoms. The standard InChI is InChI=1S/C11H11NO2S/c12-5-4-7-2-1-3-9-8(7)6-10(15-9)11(13)14/h1-3,6H,4-5,12H2,(H,13,14). The topological polar surface area (TPSA) is 63.3 Å². The molecule has 1 aromatic carbocycles. The maximum atomic E-state index is 10.8. The number of benzene rings is 1. The molecular formula is C11H11NO2S. The van der Waals surface area contributed by atoms with Gasteiger partial charge in [0.2, 0.25) is 0 Å². The van der Waals surface area contributed by atoms with Crippen LogP contribution in [-0.2, 0) is 6.42 Å². The van der Waals surface area contributed by atoms with E-state index in [1.807, 2.05) is 18.2 Å². The average Bonchev–Trinajstić information content (AvgIpc) is 2.63. The van der Waals surface area contributed by atoms with Crippen LogP contribution >= 0.6 is 11.3 Å². The molecule has 0 bridgehead atoms. The largest absolute Gasteiger partial charge is 0.477 e. The molecule has 0 radical (unpaired) electrons. The highest BCUT2D eigenvalue weighted by atomic mass is 32.1. The van der Waals surface area contributed by atoms with E-state index in [-0.39, 0.29) is 0 Å². The van der Waals surface area contributed by atoms with Crippen LogP contribution in [0.15, 0.2) is 24.3 Å². The SMILES string of the molecule is NCCc1cccc2sc(C(=O)O)cc12. The lowest BCUT2D eigenvalue weighted by Gasteiger charge is -1.99. The smallest absolute Gasteiger partial charge is 0.345 e. The van der Waals surface area contributed by atoms with E-state index in [0.29, 0.717) is 11.4 Å². The Balaban J connectivity index is 2.59. The summed E-state index contributed by atoms with van der Waals surface area (Å²) in [5, 5.41) is 9.91. The normalized spacial score (nSPS) is 10.7. The van der Waals surface area contributed by atoms with Crippen molar-refractivity contribution in [1.29, 1.82) is 0 Å². The van der Waals surface area contributed by atoms with Gasteiger partial charge in [-0.05, 0) is 36.0 Å². The number of hydrogen-bond acceptors (Lipinski definition) is 3. The second kappa shape index (κ2) is 4.00. The predicted octanol–water partition coefficient (Wildman–Crippen LogP) is 2.10. The number of fused-ring (bicyclic) bond motifs is 1. The molecule has 0 saturated carbocycles. The molecule has 0 aliphatic rings. The third kappa shape index (κ3) is 1.86. The molecule has 0 saturated heterocycles. The minimum absolute atomic E-state index is 0.384. The number of thiophene rings is 1. The molecule has 3 N–H and O–H groups in total. The van der Waals surface area contributed by atoms with E-state index in [9.17, 15) is 4.79 Å². The quantitative estimate of drug-likeness (QED) is 0.834. The van der Waals surface area contributed by atoms with Crippen LogP contribution in [-0.4, -0.2) is 17.6 Å². The molecule has 0 unspecified atom stereocenters. The molecule has 0 aliphatic carbocycles. The fraction of sp³-hybridized carbons (Fsp3) is 0.182. The molecule has 2 aromatic rings. The summed E-state index contributed by atoms with van der Waals surface area (Å²) in [5.41, 5.74) is 6.63. The zero-order valence-corrected chi connectivity index (χ0v) is 8.88. The molecule has 0 spiro atoms. The lowest BCUT2D eigenvalue weighted by Crippen LogP contribution is -2.02. The Bertz CT molecular complexity index is 504. The Morgan fingerprint density at radius 1 is 1.47 bits per heavy atom. The lowest BCUT2D eigenvalue weighted by atomic mass is 10.1. The van der Waals surface area contributed by atoms with Gasteiger partial charge in [-0.25, -0.2) is 4.79 Å². The summed E-state index contributed by atoms with van der Waals surface area (Å²) < 4.78 is 1.01. The summed E-state index contributed by atoms with van der Waals surface area (Å²) in [4.78, 5) is 11.2. The zero-order chi connectivity index (χ0) is 10.8. The highest BCUT2D eigenvalue weighted by molar-refractivity contribution is 7.20. The summed E-state index contributed by atoms with van der Waals surface area (Å²) in [6.07, 6.45) is 0.785. The van der Waals surface area contributed by atoms with Crippen molar-refractivity contribution >= 4 is 27.4 Å². The van der Waals surface area contributed by atoms with Crippen molar-refractivity contribution in [3.05, 3.63) is 34.7 Å². The molecule has 0 atom stereocenters. The molecule has 78 valence electrons. The summed E-state index contributed by atoms with van der Waals surface area (Å²) in [6, 6.07) is 7.60. The monoisotopic (exact) mass is 221 g/mol. The van der Waals surface area contributed by atoms with E-state index >= 15 is 0 Å². The number of carbonyl (C=O) groups is 1. The van der Waals surface area contributed by atoms with Crippen molar-refractivity contribution in [2.45, 2.75) is 6.42 Å². The van der Waals surface area contributed by atoms with Gasteiger partial charge >= 0.3 is 5.97 Å². The Hall–Kier alpha value is -1.39. The fourth-order valence-corrected chi connectivity index (χ4v) is 2.55. The molecular weight excluding hydrogens is 210 g/mol. The van der Waals surface area contributed by atoms with Gasteiger partial charge in [0.1, 0.15) is 4.88 Å². The van der Waals surface area contributed by atoms with Crippen LogP contribution in [0.25, 0.3) is 10.1 Å². The number of aromatic carboxylic acids is 1. The van der Waals surface area contributed by atoms with Crippen molar-refractivity contribution in [2.24, 2.45) is 5.73 Å². The minimum atomic E-state index is -0.866. The number of carboxylic acid groups (broad SMARTS) is 1. The predicted molar refractivity (Wildman–Crippen MR) is 61.5 cm³/mol. The van der Waals surface area contributed by atoms with Gasteiger partial charge in [0.25, 0.3) is 0 Å². The van der Waals surface area contributed by atoms with Crippen LogP contribution in [0.1, 0.15) is 15.2 Å². The second-order valence-electron chi connectivity index (χ2n) is 3.28. The maximum absolute atomic E-state index is 10.8. The van der Waals surface area contributed by atoms with Gasteiger partial charge in [0.05, 0.1) is 0 Å². The van der Waals surface area contributed by atoms with Gasteiger partial charge in [-0.2, -0.15) is 0 Å². The van der Waals surface area contributed by atoms with Gasteiger partial charge in [0, 0.05) is 4.70 Å². The Morgan fingerprint density at radius 2 is 2.27 bits per heavy atom. The van der Waals surface area contributed by atoms with E-state index < -0.39 is 5.97 Å². The van der Waals surface area contributed by atoms with Crippen LogP contribution in [0.5, 0.6) is 0 Å². The van der Waals surface area contributed by atoms with Crippen LogP contribution in [0, 0.1) is 0 Å². The molecule has 0 aliphatic heterocycles. The first-order valence-corrected chi connectivity index (χ1v) is 5.49. The van der Waals surface area contributed by atoms with Crippen LogP contribution < -0.4 is 5.73 Å². The van der Waals surface area contributed by atoms with Gasteiger partial charge in [0.15, 0.2) is 0 Å². The molecule has 1 aromatic heterocycles. The van der Waals surface area contributed by atoms with Crippen molar-refractivity contribution in [3.63, 3.8) is 0 Å². The molecule has 4 heteroatoms. The van der Waals surface area contributed by atoms with Gasteiger partial charge < -0.3 is 10.8 Å². The number of hydrogen-bond donors (Lipinski definition) is 2. The van der Waals surface area contributed by atoms with Crippen LogP contribution in [0.4, 0.5) is 0 Å². The van der Waals surface area contributed by atoms with E-state index in [0.717, 1.165) is 22.1 Å². The van der Waals surface area contributed by atoms with Crippen molar-refractivity contribution in [3.8, 4) is 0 Å². The number of rotatable bonds is 3. The summed E-state index contributed by atoms with van der Waals surface area (Å²) in [5.74, 6) is -0.866. The zero-order valence-electron chi connectivity index (χ0n) is 8.06. The van der Waals surface area contributed by atoms with E-state index in [2.05, 4.69) is 0 Å². The second-order valence-corrected chi connectivity index (χ2v) is 4.37. The van der Waals surface area contributed by atoms with Crippen molar-refractivity contribution in [1.82, 2.24) is 0 Å². The molecule has 1 heterocycles. The Labute approximate surface area is 91.1 Å². The highest BCUT2D eigenvalue weighted by Crippen LogP contribution is 2.28.